The van der Waals surface area contributed by atoms with Gasteiger partial charge in [-0.05, 0) is 60.2 Å². The molecule has 0 bridgehead atoms. The zero-order valence-corrected chi connectivity index (χ0v) is 24.3. The Morgan fingerprint density at radius 2 is 1.73 bits per heavy atom. The van der Waals surface area contributed by atoms with Gasteiger partial charge >= 0.3 is 0 Å². The minimum absolute atomic E-state index is 0.0893. The first-order valence-corrected chi connectivity index (χ1v) is 15.1. The first kappa shape index (κ1) is 28.4. The van der Waals surface area contributed by atoms with Crippen LogP contribution in [-0.2, 0) is 16.0 Å². The topological polar surface area (TPSA) is 80.2 Å². The van der Waals surface area contributed by atoms with E-state index in [9.17, 15) is 4.79 Å². The Hall–Kier alpha value is -3.16. The van der Waals surface area contributed by atoms with Gasteiger partial charge in [0.15, 0.2) is 11.6 Å². The molecule has 0 saturated heterocycles. The normalized spacial score (nSPS) is 20.9. The zero-order chi connectivity index (χ0) is 27.8. The molecule has 3 aromatic carbocycles. The van der Waals surface area contributed by atoms with Crippen molar-refractivity contribution in [1.29, 1.82) is 0 Å². The summed E-state index contributed by atoms with van der Waals surface area (Å²) in [6.07, 6.45) is 6.39. The summed E-state index contributed by atoms with van der Waals surface area (Å²) in [6, 6.07) is 25.5. The Kier molecular flexibility index (Phi) is 9.55. The maximum atomic E-state index is 14.3. The van der Waals surface area contributed by atoms with E-state index < -0.39 is 11.6 Å². The van der Waals surface area contributed by atoms with Crippen molar-refractivity contribution in [2.45, 2.75) is 56.6 Å². The van der Waals surface area contributed by atoms with Crippen LogP contribution in [0.25, 0.3) is 0 Å². The molecule has 1 fully saturated rings. The summed E-state index contributed by atoms with van der Waals surface area (Å²) in [4.78, 5) is 19.5. The monoisotopic (exact) mass is 604 g/mol. The molecule has 0 radical (unpaired) electrons. The Bertz CT molecular complexity index is 1290. The maximum absolute atomic E-state index is 14.3. The zero-order valence-electron chi connectivity index (χ0n) is 22.7. The fourth-order valence-corrected chi connectivity index (χ4v) is 6.05. The average Bonchev–Trinajstić information content (AvgIpc) is 3.39. The number of halogens is 1. The quantitative estimate of drug-likeness (QED) is 0.248. The van der Waals surface area contributed by atoms with Crippen LogP contribution in [-0.4, -0.2) is 42.2 Å². The third kappa shape index (κ3) is 6.58. The van der Waals surface area contributed by atoms with E-state index in [-0.39, 0.29) is 12.5 Å². The molecule has 1 saturated carbocycles. The highest BCUT2D eigenvalue weighted by Gasteiger charge is 2.53. The fourth-order valence-electron chi connectivity index (χ4n) is 5.62. The van der Waals surface area contributed by atoms with Crippen LogP contribution in [0.15, 0.2) is 88.3 Å². The summed E-state index contributed by atoms with van der Waals surface area (Å²) in [6.45, 7) is 1.19. The summed E-state index contributed by atoms with van der Waals surface area (Å²) in [5.74, 6) is 1.54. The SMILES string of the molecule is O=C(NCC1CCCCC1)[C@]1(Cc2ccccc2Br)N=C(c2ccc(OCCCO)cc2)O[C@@H]1c1ccccc1. The summed E-state index contributed by atoms with van der Waals surface area (Å²) in [7, 11) is 0. The van der Waals surface area contributed by atoms with Gasteiger partial charge < -0.3 is 19.9 Å². The lowest BCUT2D eigenvalue weighted by molar-refractivity contribution is -0.129. The molecule has 2 aliphatic rings. The van der Waals surface area contributed by atoms with Crippen LogP contribution in [0.4, 0.5) is 0 Å². The van der Waals surface area contributed by atoms with E-state index in [1.807, 2.05) is 78.9 Å². The predicted octanol–water partition coefficient (Wildman–Crippen LogP) is 6.41. The van der Waals surface area contributed by atoms with Crippen molar-refractivity contribution in [2.24, 2.45) is 10.9 Å². The Morgan fingerprint density at radius 3 is 2.45 bits per heavy atom. The molecule has 3 aromatic rings. The van der Waals surface area contributed by atoms with Gasteiger partial charge in [0, 0.05) is 36.0 Å². The molecule has 0 spiro atoms. The molecule has 7 heteroatoms. The fraction of sp³-hybridized carbons (Fsp3) is 0.394. The molecule has 0 aromatic heterocycles. The standard InChI is InChI=1S/C33H37BrN2O4/c34-29-15-8-7-14-27(29)22-33(32(38)35-23-24-10-3-1-4-11-24)30(25-12-5-2-6-13-25)40-31(36-33)26-16-18-28(19-17-26)39-21-9-20-37/h2,5-8,12-19,24,30,37H,1,3-4,9-11,20-23H2,(H,35,38)/t30-,33-/m1/s1. The number of aliphatic hydroxyl groups excluding tert-OH is 1. The summed E-state index contributed by atoms with van der Waals surface area (Å²) in [5, 5.41) is 12.3. The van der Waals surface area contributed by atoms with Crippen LogP contribution < -0.4 is 10.1 Å². The van der Waals surface area contributed by atoms with Crippen molar-refractivity contribution in [3.63, 3.8) is 0 Å². The summed E-state index contributed by atoms with van der Waals surface area (Å²) < 4.78 is 13.3. The van der Waals surface area contributed by atoms with E-state index in [0.717, 1.165) is 34.0 Å². The van der Waals surface area contributed by atoms with Gasteiger partial charge in [-0.3, -0.25) is 4.79 Å². The number of amides is 1. The van der Waals surface area contributed by atoms with E-state index in [4.69, 9.17) is 19.6 Å². The smallest absolute Gasteiger partial charge is 0.252 e. The average molecular weight is 606 g/mol. The number of rotatable bonds is 11. The number of hydrogen-bond donors (Lipinski definition) is 2. The second kappa shape index (κ2) is 13.5. The number of benzene rings is 3. The predicted molar refractivity (Wildman–Crippen MR) is 161 cm³/mol. The number of ether oxygens (including phenoxy) is 2. The van der Waals surface area contributed by atoms with E-state index in [0.29, 0.717) is 43.6 Å². The minimum Gasteiger partial charge on any atom is -0.494 e. The lowest BCUT2D eigenvalue weighted by atomic mass is 9.81. The van der Waals surface area contributed by atoms with Gasteiger partial charge in [0.25, 0.3) is 5.91 Å². The molecular weight excluding hydrogens is 568 g/mol. The first-order valence-electron chi connectivity index (χ1n) is 14.3. The van der Waals surface area contributed by atoms with E-state index in [1.165, 1.54) is 19.3 Å². The van der Waals surface area contributed by atoms with Gasteiger partial charge in [-0.15, -0.1) is 0 Å². The summed E-state index contributed by atoms with van der Waals surface area (Å²) in [5.41, 5.74) is 1.50. The van der Waals surface area contributed by atoms with Gasteiger partial charge in [0.1, 0.15) is 5.75 Å². The number of carbonyl (C=O) groups is 1. The molecule has 2 atom stereocenters. The van der Waals surface area contributed by atoms with Crippen molar-refractivity contribution in [2.75, 3.05) is 19.8 Å². The first-order chi connectivity index (χ1) is 19.6. The van der Waals surface area contributed by atoms with E-state index in [1.54, 1.807) is 0 Å². The van der Waals surface area contributed by atoms with Crippen molar-refractivity contribution < 1.29 is 19.4 Å². The molecule has 2 N–H and O–H groups in total. The Balaban J connectivity index is 1.51. The molecule has 1 aliphatic heterocycles. The van der Waals surface area contributed by atoms with Crippen LogP contribution in [0.3, 0.4) is 0 Å². The second-order valence-corrected chi connectivity index (χ2v) is 11.5. The molecule has 210 valence electrons. The van der Waals surface area contributed by atoms with E-state index in [2.05, 4.69) is 21.2 Å². The number of nitrogens with zero attached hydrogens (tertiary/aromatic N) is 1. The number of nitrogens with one attached hydrogen (secondary N) is 1. The number of aliphatic imine (C=N–C) groups is 1. The van der Waals surface area contributed by atoms with Gasteiger partial charge in [-0.1, -0.05) is 83.7 Å². The lowest BCUT2D eigenvalue weighted by Gasteiger charge is -2.32. The maximum Gasteiger partial charge on any atom is 0.252 e. The third-order valence-corrected chi connectivity index (χ3v) is 8.60. The van der Waals surface area contributed by atoms with E-state index >= 15 is 0 Å². The molecular formula is C33H37BrN2O4. The van der Waals surface area contributed by atoms with Crippen LogP contribution in [0.2, 0.25) is 0 Å². The Labute approximate surface area is 245 Å². The van der Waals surface area contributed by atoms with Crippen molar-refractivity contribution in [3.8, 4) is 5.75 Å². The van der Waals surface area contributed by atoms with Crippen LogP contribution in [0.1, 0.15) is 61.3 Å². The van der Waals surface area contributed by atoms with Crippen molar-refractivity contribution in [3.05, 3.63) is 100 Å². The van der Waals surface area contributed by atoms with Crippen molar-refractivity contribution in [1.82, 2.24) is 5.32 Å². The molecule has 1 amide bonds. The minimum atomic E-state index is -1.19. The lowest BCUT2D eigenvalue weighted by Crippen LogP contribution is -2.51. The molecule has 5 rings (SSSR count). The Morgan fingerprint density at radius 1 is 1.00 bits per heavy atom. The van der Waals surface area contributed by atoms with Crippen molar-refractivity contribution >= 4 is 27.7 Å². The highest BCUT2D eigenvalue weighted by atomic mass is 79.9. The molecule has 1 aliphatic carbocycles. The summed E-state index contributed by atoms with van der Waals surface area (Å²) >= 11 is 3.70. The second-order valence-electron chi connectivity index (χ2n) is 10.7. The van der Waals surface area contributed by atoms with Gasteiger partial charge in [0.2, 0.25) is 5.90 Å². The highest BCUT2D eigenvalue weighted by molar-refractivity contribution is 9.10. The van der Waals surface area contributed by atoms with Crippen LogP contribution in [0.5, 0.6) is 5.75 Å². The van der Waals surface area contributed by atoms with Gasteiger partial charge in [0.05, 0.1) is 6.61 Å². The van der Waals surface area contributed by atoms with Crippen LogP contribution >= 0.6 is 15.9 Å². The molecule has 1 heterocycles. The third-order valence-electron chi connectivity index (χ3n) is 7.83. The van der Waals surface area contributed by atoms with Gasteiger partial charge in [-0.2, -0.15) is 0 Å². The highest BCUT2D eigenvalue weighted by Crippen LogP contribution is 2.43. The number of carbonyl (C=O) groups excluding carboxylic acids is 1. The largest absolute Gasteiger partial charge is 0.494 e. The number of hydrogen-bond acceptors (Lipinski definition) is 5. The molecule has 40 heavy (non-hydrogen) atoms. The van der Waals surface area contributed by atoms with Crippen LogP contribution in [0, 0.1) is 5.92 Å². The number of aliphatic hydroxyl groups is 1. The molecule has 6 nitrogen and oxygen atoms in total. The molecule has 0 unspecified atom stereocenters. The van der Waals surface area contributed by atoms with Gasteiger partial charge in [-0.25, -0.2) is 4.99 Å².